The molecule has 0 radical (unpaired) electrons. The maximum Gasteiger partial charge on any atom is 0.295 e. The van der Waals surface area contributed by atoms with Gasteiger partial charge in [-0.3, -0.25) is 8.94 Å². The van der Waals surface area contributed by atoms with E-state index in [1.807, 2.05) is 0 Å². The Morgan fingerprint density at radius 3 is 1.33 bits per heavy atom. The fraction of sp³-hybridized carbons (Fsp3) is 1.00. The Hall–Kier alpha value is -0.260. The molecule has 0 aromatic rings. The van der Waals surface area contributed by atoms with Crippen molar-refractivity contribution in [1.29, 1.82) is 0 Å². The van der Waals surface area contributed by atoms with Crippen LogP contribution in [0.15, 0.2) is 0 Å². The van der Waals surface area contributed by atoms with E-state index in [0.29, 0.717) is 0 Å². The minimum atomic E-state index is -3.86. The lowest BCUT2D eigenvalue weighted by Gasteiger charge is -2.17. The van der Waals surface area contributed by atoms with Gasteiger partial charge < -0.3 is 10.4 Å². The van der Waals surface area contributed by atoms with Crippen LogP contribution in [0.25, 0.3) is 0 Å². The van der Waals surface area contributed by atoms with E-state index in [1.54, 1.807) is 0 Å². The van der Waals surface area contributed by atoms with E-state index < -0.39 is 40.5 Å². The first-order chi connectivity index (χ1) is 6.59. The molecule has 0 rings (SSSR count). The number of hydrogen-bond donors (Lipinski definition) is 2. The Morgan fingerprint density at radius 2 is 1.13 bits per heavy atom. The largest absolute Gasteiger partial charge is 0.618 e. The highest BCUT2D eigenvalue weighted by atomic mass is 32.2. The fourth-order valence-corrected chi connectivity index (χ4v) is 2.53. The summed E-state index contributed by atoms with van der Waals surface area (Å²) in [6, 6.07) is 0. The van der Waals surface area contributed by atoms with Crippen LogP contribution in [-0.4, -0.2) is 42.4 Å². The number of quaternary nitrogens is 2. The molecule has 0 saturated carbocycles. The van der Waals surface area contributed by atoms with E-state index in [9.17, 15) is 27.3 Å². The van der Waals surface area contributed by atoms with Crippen molar-refractivity contribution in [2.75, 3.05) is 25.6 Å². The smallest absolute Gasteiger partial charge is 0.295 e. The molecule has 15 heavy (non-hydrogen) atoms. The van der Waals surface area contributed by atoms with Gasteiger partial charge in [0.05, 0.1) is 14.1 Å². The van der Waals surface area contributed by atoms with Gasteiger partial charge in [-0.15, -0.1) is 0 Å². The summed E-state index contributed by atoms with van der Waals surface area (Å²) in [5, 5.41) is 21.1. The summed E-state index contributed by atoms with van der Waals surface area (Å²) in [4.78, 5) is 0. The van der Waals surface area contributed by atoms with E-state index in [0.717, 1.165) is 14.1 Å². The normalized spacial score (nSPS) is 17.3. The van der Waals surface area contributed by atoms with Gasteiger partial charge in [-0.25, -0.2) is 0 Å². The zero-order valence-electron chi connectivity index (χ0n) is 8.39. The third-order valence-corrected chi connectivity index (χ3v) is 5.11. The van der Waals surface area contributed by atoms with Crippen molar-refractivity contribution in [2.45, 2.75) is 6.42 Å². The Kier molecular flexibility index (Phi) is 5.09. The van der Waals surface area contributed by atoms with Crippen LogP contribution in [0.3, 0.4) is 0 Å². The predicted octanol–water partition coefficient (Wildman–Crippen LogP) is -3.94. The molecule has 0 aromatic heterocycles. The Morgan fingerprint density at radius 1 is 0.867 bits per heavy atom. The van der Waals surface area contributed by atoms with Gasteiger partial charge in [0.25, 0.3) is 20.0 Å². The molecule has 2 unspecified atom stereocenters. The van der Waals surface area contributed by atoms with Crippen molar-refractivity contribution in [3.63, 3.8) is 0 Å². The average molecular weight is 262 g/mol. The van der Waals surface area contributed by atoms with Gasteiger partial charge in [0, 0.05) is 0 Å². The summed E-state index contributed by atoms with van der Waals surface area (Å²) in [5.41, 5.74) is 0. The minimum absolute atomic E-state index is 0.246. The van der Waals surface area contributed by atoms with Crippen LogP contribution in [-0.2, 0) is 20.0 Å². The van der Waals surface area contributed by atoms with Crippen molar-refractivity contribution in [1.82, 2.24) is 0 Å². The third kappa shape index (κ3) is 4.86. The number of nitrogens with one attached hydrogen (secondary N) is 2. The van der Waals surface area contributed by atoms with Crippen LogP contribution in [0.5, 0.6) is 0 Å². The zero-order valence-corrected chi connectivity index (χ0v) is 10.0. The second-order valence-electron chi connectivity index (χ2n) is 2.97. The van der Waals surface area contributed by atoms with Gasteiger partial charge in [0.15, 0.2) is 0 Å². The van der Waals surface area contributed by atoms with Crippen LogP contribution >= 0.6 is 0 Å². The van der Waals surface area contributed by atoms with Gasteiger partial charge >= 0.3 is 0 Å². The molecular formula is C5H14N2O6S2. The van der Waals surface area contributed by atoms with Crippen molar-refractivity contribution in [3.8, 4) is 0 Å². The summed E-state index contributed by atoms with van der Waals surface area (Å²) in [6.45, 7) is 0. The van der Waals surface area contributed by atoms with Crippen LogP contribution in [0.4, 0.5) is 0 Å². The summed E-state index contributed by atoms with van der Waals surface area (Å²) < 4.78 is 41.8. The molecule has 92 valence electrons. The summed E-state index contributed by atoms with van der Waals surface area (Å²) >= 11 is 0. The molecule has 0 aliphatic heterocycles. The standard InChI is InChI=1S/C5H14N2O6S2/c1-6(8)14(10,11)4-3-5-15(12,13)7(2)9/h6-7H,3-5H2,1-2H3. The van der Waals surface area contributed by atoms with Gasteiger partial charge in [-0.2, -0.15) is 16.8 Å². The number of rotatable bonds is 6. The first-order valence-corrected chi connectivity index (χ1v) is 7.37. The van der Waals surface area contributed by atoms with Crippen LogP contribution in [0.1, 0.15) is 6.42 Å². The van der Waals surface area contributed by atoms with Crippen molar-refractivity contribution in [3.05, 3.63) is 10.4 Å². The Bertz CT molecular complexity index is 346. The molecule has 2 N–H and O–H groups in total. The first kappa shape index (κ1) is 14.7. The quantitative estimate of drug-likeness (QED) is 0.471. The highest BCUT2D eigenvalue weighted by Crippen LogP contribution is 1.89. The summed E-state index contributed by atoms with van der Waals surface area (Å²) in [5.74, 6) is -1.09. The topological polar surface area (TPSA) is 123 Å². The molecule has 0 bridgehead atoms. The van der Waals surface area contributed by atoms with Gasteiger partial charge in [-0.05, 0) is 6.42 Å². The van der Waals surface area contributed by atoms with E-state index >= 15 is 0 Å². The number of hydrogen-bond acceptors (Lipinski definition) is 6. The zero-order chi connectivity index (χ0) is 12.3. The van der Waals surface area contributed by atoms with Crippen molar-refractivity contribution in [2.24, 2.45) is 0 Å². The monoisotopic (exact) mass is 262 g/mol. The van der Waals surface area contributed by atoms with E-state index in [4.69, 9.17) is 0 Å². The van der Waals surface area contributed by atoms with E-state index in [-0.39, 0.29) is 6.42 Å². The molecule has 0 aliphatic carbocycles. The fourth-order valence-electron chi connectivity index (χ4n) is 0.726. The molecule has 0 heterocycles. The number of hydroxylamine groups is 2. The van der Waals surface area contributed by atoms with Crippen molar-refractivity contribution < 1.29 is 25.8 Å². The molecular weight excluding hydrogens is 248 g/mol. The third-order valence-electron chi connectivity index (χ3n) is 1.70. The average Bonchev–Trinajstić information content (AvgIpc) is 2.02. The van der Waals surface area contributed by atoms with E-state index in [1.165, 1.54) is 0 Å². The SMILES string of the molecule is C[NH+]([O-])S(=O)(=O)CCCS(=O)(=O)[NH+](C)[O-]. The Balaban J connectivity index is 4.25. The van der Waals surface area contributed by atoms with Crippen LogP contribution in [0.2, 0.25) is 0 Å². The molecule has 10 heteroatoms. The first-order valence-electron chi connectivity index (χ1n) is 4.06. The van der Waals surface area contributed by atoms with E-state index in [2.05, 4.69) is 0 Å². The molecule has 0 aliphatic rings. The van der Waals surface area contributed by atoms with Gasteiger partial charge in [-0.1, -0.05) is 0 Å². The molecule has 0 fully saturated rings. The lowest BCUT2D eigenvalue weighted by atomic mass is 10.6. The molecule has 0 amide bonds. The van der Waals surface area contributed by atoms with Crippen LogP contribution < -0.4 is 8.94 Å². The van der Waals surface area contributed by atoms with Crippen LogP contribution in [0, 0.1) is 10.4 Å². The summed E-state index contributed by atoms with van der Waals surface area (Å²) in [7, 11) is -5.93. The summed E-state index contributed by atoms with van der Waals surface area (Å²) in [6.07, 6.45) is -0.246. The lowest BCUT2D eigenvalue weighted by molar-refractivity contribution is -0.680. The maximum atomic E-state index is 11.0. The van der Waals surface area contributed by atoms with Crippen molar-refractivity contribution >= 4 is 20.0 Å². The Labute approximate surface area is 88.7 Å². The molecule has 0 saturated heterocycles. The highest BCUT2D eigenvalue weighted by Gasteiger charge is 2.19. The number of sulfonamides is 2. The second kappa shape index (κ2) is 5.18. The maximum absolute atomic E-state index is 11.0. The minimum Gasteiger partial charge on any atom is -0.618 e. The van der Waals surface area contributed by atoms with Gasteiger partial charge in [0.2, 0.25) is 0 Å². The molecule has 0 aromatic carbocycles. The molecule has 2 atom stereocenters. The molecule has 0 spiro atoms. The van der Waals surface area contributed by atoms with Gasteiger partial charge in [0.1, 0.15) is 11.5 Å². The molecule has 8 nitrogen and oxygen atoms in total. The second-order valence-corrected chi connectivity index (χ2v) is 7.40. The highest BCUT2D eigenvalue weighted by molar-refractivity contribution is 7.86. The predicted molar refractivity (Wildman–Crippen MR) is 52.7 cm³/mol. The lowest BCUT2D eigenvalue weighted by Crippen LogP contribution is -3.07.